The van der Waals surface area contributed by atoms with E-state index in [1.807, 2.05) is 0 Å². The molecule has 0 heterocycles. The minimum absolute atomic E-state index is 0.0662. The molecule has 0 aliphatic rings. The summed E-state index contributed by atoms with van der Waals surface area (Å²) in [5, 5.41) is 0. The van der Waals surface area contributed by atoms with E-state index in [9.17, 15) is 9.59 Å². The van der Waals surface area contributed by atoms with Crippen LogP contribution in [0.3, 0.4) is 0 Å². The molecule has 112 valence electrons. The Kier molecular flexibility index (Phi) is 9.16. The lowest BCUT2D eigenvalue weighted by Gasteiger charge is -2.27. The van der Waals surface area contributed by atoms with Gasteiger partial charge in [-0.1, -0.05) is 26.7 Å². The summed E-state index contributed by atoms with van der Waals surface area (Å²) in [6.45, 7) is 4.70. The average Bonchev–Trinajstić information content (AvgIpc) is 2.42. The fourth-order valence-electron chi connectivity index (χ4n) is 1.80. The van der Waals surface area contributed by atoms with E-state index in [-0.39, 0.29) is 19.1 Å². The first-order chi connectivity index (χ1) is 8.99. The van der Waals surface area contributed by atoms with Crippen molar-refractivity contribution in [1.82, 2.24) is 4.90 Å². The Morgan fingerprint density at radius 1 is 1.21 bits per heavy atom. The first-order valence-electron chi connectivity index (χ1n) is 6.60. The zero-order valence-corrected chi connectivity index (χ0v) is 12.3. The minimum Gasteiger partial charge on any atom is -0.468 e. The molecule has 6 heteroatoms. The van der Waals surface area contributed by atoms with E-state index < -0.39 is 12.0 Å². The molecule has 0 saturated carbocycles. The summed E-state index contributed by atoms with van der Waals surface area (Å²) in [5.41, 5.74) is 5.74. The minimum atomic E-state index is -0.746. The molecule has 0 saturated heterocycles. The monoisotopic (exact) mass is 274 g/mol. The summed E-state index contributed by atoms with van der Waals surface area (Å²) in [7, 11) is 2.79. The van der Waals surface area contributed by atoms with Gasteiger partial charge in [0.25, 0.3) is 0 Å². The van der Waals surface area contributed by atoms with Gasteiger partial charge in [-0.2, -0.15) is 0 Å². The van der Waals surface area contributed by atoms with Gasteiger partial charge in [0.2, 0.25) is 5.91 Å². The van der Waals surface area contributed by atoms with Crippen molar-refractivity contribution in [2.45, 2.75) is 32.7 Å². The number of hydrogen-bond acceptors (Lipinski definition) is 5. The van der Waals surface area contributed by atoms with Gasteiger partial charge in [0.15, 0.2) is 0 Å². The first-order valence-corrected chi connectivity index (χ1v) is 6.60. The lowest BCUT2D eigenvalue weighted by atomic mass is 10.0. The van der Waals surface area contributed by atoms with Gasteiger partial charge in [0.05, 0.1) is 13.7 Å². The topological polar surface area (TPSA) is 81.9 Å². The van der Waals surface area contributed by atoms with Gasteiger partial charge in [-0.3, -0.25) is 9.59 Å². The van der Waals surface area contributed by atoms with E-state index in [1.54, 1.807) is 0 Å². The molecule has 0 rings (SSSR count). The van der Waals surface area contributed by atoms with Crippen LogP contribution in [0.15, 0.2) is 0 Å². The normalized spacial score (nSPS) is 12.3. The maximum atomic E-state index is 12.2. The molecule has 0 aliphatic carbocycles. The molecule has 0 aromatic rings. The smallest absolute Gasteiger partial charge is 0.325 e. The van der Waals surface area contributed by atoms with Crippen LogP contribution in [0.1, 0.15) is 26.7 Å². The van der Waals surface area contributed by atoms with Crippen molar-refractivity contribution in [3.05, 3.63) is 0 Å². The summed E-state index contributed by atoms with van der Waals surface area (Å²) < 4.78 is 9.49. The number of carbonyl (C=O) groups excluding carboxylic acids is 2. The summed E-state index contributed by atoms with van der Waals surface area (Å²) in [6.07, 6.45) is 1.89. The standard InChI is InChI=1S/C13H26N2O4/c1-5-10(6-2)7-15(8-12(16)19-4)13(17)11(14)9-18-3/h10-11H,5-9,14H2,1-4H3. The Hall–Kier alpha value is -1.14. The molecule has 0 bridgehead atoms. The number of ether oxygens (including phenoxy) is 2. The van der Waals surface area contributed by atoms with Crippen molar-refractivity contribution in [3.63, 3.8) is 0 Å². The van der Waals surface area contributed by atoms with Crippen molar-refractivity contribution in [2.75, 3.05) is 33.9 Å². The van der Waals surface area contributed by atoms with E-state index in [1.165, 1.54) is 19.1 Å². The second-order valence-corrected chi connectivity index (χ2v) is 4.54. The fraction of sp³-hybridized carbons (Fsp3) is 0.846. The van der Waals surface area contributed by atoms with E-state index in [0.29, 0.717) is 12.5 Å². The molecule has 0 aromatic heterocycles. The number of carbonyl (C=O) groups is 2. The number of hydrogen-bond donors (Lipinski definition) is 1. The largest absolute Gasteiger partial charge is 0.468 e. The third-order valence-electron chi connectivity index (χ3n) is 3.16. The van der Waals surface area contributed by atoms with Gasteiger partial charge in [0.1, 0.15) is 12.6 Å². The van der Waals surface area contributed by atoms with Crippen LogP contribution in [0, 0.1) is 5.92 Å². The molecule has 0 aromatic carbocycles. The van der Waals surface area contributed by atoms with Crippen LogP contribution in [-0.2, 0) is 19.1 Å². The summed E-state index contributed by atoms with van der Waals surface area (Å²) >= 11 is 0. The zero-order valence-electron chi connectivity index (χ0n) is 12.3. The van der Waals surface area contributed by atoms with Crippen LogP contribution in [0.25, 0.3) is 0 Å². The molecule has 0 aliphatic heterocycles. The van der Waals surface area contributed by atoms with Crippen molar-refractivity contribution < 1.29 is 19.1 Å². The zero-order chi connectivity index (χ0) is 14.8. The Morgan fingerprint density at radius 3 is 2.21 bits per heavy atom. The molecule has 0 fully saturated rings. The van der Waals surface area contributed by atoms with E-state index in [0.717, 1.165) is 12.8 Å². The first kappa shape index (κ1) is 17.9. The molecule has 19 heavy (non-hydrogen) atoms. The molecule has 1 unspecified atom stereocenters. The Labute approximate surface area is 115 Å². The summed E-state index contributed by atoms with van der Waals surface area (Å²) in [4.78, 5) is 25.0. The quantitative estimate of drug-likeness (QED) is 0.615. The molecular weight excluding hydrogens is 248 g/mol. The van der Waals surface area contributed by atoms with Gasteiger partial charge in [-0.05, 0) is 5.92 Å². The van der Waals surface area contributed by atoms with E-state index in [2.05, 4.69) is 18.6 Å². The van der Waals surface area contributed by atoms with Gasteiger partial charge >= 0.3 is 5.97 Å². The van der Waals surface area contributed by atoms with Crippen LogP contribution in [0.2, 0.25) is 0 Å². The Morgan fingerprint density at radius 2 is 1.79 bits per heavy atom. The van der Waals surface area contributed by atoms with Crippen LogP contribution in [-0.4, -0.2) is 56.7 Å². The molecule has 2 N–H and O–H groups in total. The predicted molar refractivity (Wildman–Crippen MR) is 72.5 cm³/mol. The average molecular weight is 274 g/mol. The molecule has 6 nitrogen and oxygen atoms in total. The predicted octanol–water partition coefficient (Wildman–Crippen LogP) is 0.398. The van der Waals surface area contributed by atoms with Crippen molar-refractivity contribution in [1.29, 1.82) is 0 Å². The highest BCUT2D eigenvalue weighted by Gasteiger charge is 2.25. The van der Waals surface area contributed by atoms with Crippen molar-refractivity contribution in [3.8, 4) is 0 Å². The summed E-state index contributed by atoms with van der Waals surface area (Å²) in [6, 6.07) is -0.746. The fourth-order valence-corrected chi connectivity index (χ4v) is 1.80. The van der Waals surface area contributed by atoms with Gasteiger partial charge < -0.3 is 20.1 Å². The van der Waals surface area contributed by atoms with Crippen molar-refractivity contribution >= 4 is 11.9 Å². The number of nitrogens with zero attached hydrogens (tertiary/aromatic N) is 1. The van der Waals surface area contributed by atoms with Crippen molar-refractivity contribution in [2.24, 2.45) is 11.7 Å². The van der Waals surface area contributed by atoms with Crippen LogP contribution in [0.5, 0.6) is 0 Å². The number of nitrogens with two attached hydrogens (primary N) is 1. The highest BCUT2D eigenvalue weighted by atomic mass is 16.5. The Balaban J connectivity index is 4.73. The Bertz CT molecular complexity index is 280. The number of amides is 1. The highest BCUT2D eigenvalue weighted by molar-refractivity contribution is 5.85. The SMILES string of the molecule is CCC(CC)CN(CC(=O)OC)C(=O)C(N)COC. The second-order valence-electron chi connectivity index (χ2n) is 4.54. The maximum absolute atomic E-state index is 12.2. The molecular formula is C13H26N2O4. The lowest BCUT2D eigenvalue weighted by Crippen LogP contribution is -2.49. The van der Waals surface area contributed by atoms with Gasteiger partial charge in [0, 0.05) is 13.7 Å². The molecule has 0 spiro atoms. The third-order valence-corrected chi connectivity index (χ3v) is 3.16. The van der Waals surface area contributed by atoms with Gasteiger partial charge in [-0.25, -0.2) is 0 Å². The van der Waals surface area contributed by atoms with E-state index >= 15 is 0 Å². The molecule has 1 atom stereocenters. The molecule has 0 radical (unpaired) electrons. The lowest BCUT2D eigenvalue weighted by molar-refractivity contribution is -0.148. The van der Waals surface area contributed by atoms with E-state index in [4.69, 9.17) is 10.5 Å². The number of methoxy groups -OCH3 is 2. The second kappa shape index (κ2) is 9.75. The molecule has 1 amide bonds. The van der Waals surface area contributed by atoms with Crippen LogP contribution >= 0.6 is 0 Å². The third kappa shape index (κ3) is 6.54. The maximum Gasteiger partial charge on any atom is 0.325 e. The van der Waals surface area contributed by atoms with Crippen LogP contribution < -0.4 is 5.73 Å². The summed E-state index contributed by atoms with van der Waals surface area (Å²) in [5.74, 6) is -0.369. The highest BCUT2D eigenvalue weighted by Crippen LogP contribution is 2.11. The number of rotatable bonds is 9. The van der Waals surface area contributed by atoms with Gasteiger partial charge in [-0.15, -0.1) is 0 Å². The van der Waals surface area contributed by atoms with Crippen LogP contribution in [0.4, 0.5) is 0 Å². The number of esters is 1.